The van der Waals surface area contributed by atoms with Crippen molar-refractivity contribution in [3.63, 3.8) is 0 Å². The van der Waals surface area contributed by atoms with E-state index in [4.69, 9.17) is 9.47 Å². The average Bonchev–Trinajstić information content (AvgIpc) is 2.84. The van der Waals surface area contributed by atoms with Crippen molar-refractivity contribution < 1.29 is 29.6 Å². The topological polar surface area (TPSA) is 96.2 Å². The Labute approximate surface area is 213 Å². The molecule has 0 heterocycles. The van der Waals surface area contributed by atoms with Crippen LogP contribution >= 0.6 is 0 Å². The molecule has 0 aromatic heterocycles. The fourth-order valence-electron chi connectivity index (χ4n) is 4.40. The summed E-state index contributed by atoms with van der Waals surface area (Å²) in [5.74, 6) is -2.18. The van der Waals surface area contributed by atoms with Crippen LogP contribution in [0.25, 0.3) is 0 Å². The maximum Gasteiger partial charge on any atom is 0.340 e. The predicted molar refractivity (Wildman–Crippen MR) is 142 cm³/mol. The van der Waals surface area contributed by atoms with E-state index in [1.807, 2.05) is 6.92 Å². The van der Waals surface area contributed by atoms with Crippen molar-refractivity contribution in [2.24, 2.45) is 0 Å². The summed E-state index contributed by atoms with van der Waals surface area (Å²) in [6.45, 7) is 7.03. The molecule has 0 amide bonds. The van der Waals surface area contributed by atoms with E-state index in [9.17, 15) is 20.1 Å². The van der Waals surface area contributed by atoms with Gasteiger partial charge in [0.25, 0.3) is 0 Å². The molecule has 0 spiro atoms. The Morgan fingerprint density at radius 3 is 1.40 bits per heavy atom. The van der Waals surface area contributed by atoms with Gasteiger partial charge in [-0.15, -0.1) is 0 Å². The molecule has 0 saturated carbocycles. The molecule has 0 unspecified atom stereocenters. The number of phenolic OH excluding ortho intramolecular Hbond substituents is 1. The highest BCUT2D eigenvalue weighted by molar-refractivity contribution is 5.95. The molecule has 3 N–H and O–H groups in total. The summed E-state index contributed by atoms with van der Waals surface area (Å²) in [5.41, 5.74) is 0.0497. The van der Waals surface area contributed by atoms with Gasteiger partial charge in [-0.2, -0.15) is 0 Å². The van der Waals surface area contributed by atoms with Crippen LogP contribution in [0.5, 0.6) is 23.0 Å². The molecule has 0 aliphatic carbocycles. The second-order valence-corrected chi connectivity index (χ2v) is 9.51. The Morgan fingerprint density at radius 1 is 0.600 bits per heavy atom. The van der Waals surface area contributed by atoms with Crippen LogP contribution in [-0.4, -0.2) is 34.5 Å². The normalized spacial score (nSPS) is 11.1. The van der Waals surface area contributed by atoms with Gasteiger partial charge in [0.2, 0.25) is 11.5 Å². The molecule has 35 heavy (non-hydrogen) atoms. The summed E-state index contributed by atoms with van der Waals surface area (Å²) in [4.78, 5) is 11.8. The van der Waals surface area contributed by atoms with Crippen molar-refractivity contribution >= 4 is 5.97 Å². The van der Waals surface area contributed by atoms with Crippen LogP contribution in [0, 0.1) is 0 Å². The number of aromatic carboxylic acids is 1. The van der Waals surface area contributed by atoms with Gasteiger partial charge in [0.15, 0.2) is 11.5 Å². The van der Waals surface area contributed by atoms with Gasteiger partial charge in [-0.05, 0) is 19.3 Å². The number of carboxylic acid groups (broad SMARTS) is 1. The largest absolute Gasteiger partial charge is 0.504 e. The third-order valence-electron chi connectivity index (χ3n) is 6.51. The lowest BCUT2D eigenvalue weighted by molar-refractivity contribution is 0.0690. The Bertz CT molecular complexity index is 716. The summed E-state index contributed by atoms with van der Waals surface area (Å²) in [6, 6.07) is 0. The zero-order valence-electron chi connectivity index (χ0n) is 22.5. The van der Waals surface area contributed by atoms with Crippen LogP contribution in [0.1, 0.15) is 139 Å². The first-order valence-corrected chi connectivity index (χ1v) is 14.1. The van der Waals surface area contributed by atoms with Crippen molar-refractivity contribution in [3.05, 3.63) is 11.1 Å². The lowest BCUT2D eigenvalue weighted by atomic mass is 10.0. The predicted octanol–water partition coefficient (Wildman–Crippen LogP) is 8.40. The van der Waals surface area contributed by atoms with Gasteiger partial charge in [0.1, 0.15) is 5.56 Å². The van der Waals surface area contributed by atoms with Crippen molar-refractivity contribution in [1.29, 1.82) is 0 Å². The Kier molecular flexibility index (Phi) is 16.9. The van der Waals surface area contributed by atoms with Crippen LogP contribution in [0.4, 0.5) is 0 Å². The third kappa shape index (κ3) is 11.4. The van der Waals surface area contributed by atoms with Gasteiger partial charge < -0.3 is 24.8 Å². The molecule has 0 radical (unpaired) electrons. The molecule has 0 aliphatic heterocycles. The highest BCUT2D eigenvalue weighted by Crippen LogP contribution is 2.49. The van der Waals surface area contributed by atoms with E-state index in [2.05, 4.69) is 13.8 Å². The number of phenols is 2. The zero-order valence-corrected chi connectivity index (χ0v) is 22.5. The third-order valence-corrected chi connectivity index (χ3v) is 6.51. The number of carboxylic acids is 1. The van der Waals surface area contributed by atoms with E-state index in [1.54, 1.807) is 0 Å². The first-order valence-electron chi connectivity index (χ1n) is 14.1. The smallest absolute Gasteiger partial charge is 0.340 e. The zero-order chi connectivity index (χ0) is 25.9. The Hall–Kier alpha value is -2.11. The van der Waals surface area contributed by atoms with Crippen LogP contribution in [0.3, 0.4) is 0 Å². The van der Waals surface area contributed by atoms with Crippen molar-refractivity contribution in [3.8, 4) is 23.0 Å². The number of aromatic hydroxyl groups is 2. The standard InChI is InChI=1S/C29H50O6/c1-4-7-9-11-13-15-17-19-21-34-27-23(6-3)24(29(32)33)25(30)26(31)28(27)35-22-20-18-16-14-12-10-8-5-2/h30-31H,4-22H2,1-3H3,(H,32,33). The summed E-state index contributed by atoms with van der Waals surface area (Å²) < 4.78 is 11.9. The van der Waals surface area contributed by atoms with Gasteiger partial charge in [-0.25, -0.2) is 4.79 Å². The molecule has 0 aliphatic rings. The van der Waals surface area contributed by atoms with Crippen molar-refractivity contribution in [2.75, 3.05) is 13.2 Å². The number of rotatable bonds is 22. The number of carbonyl (C=O) groups is 1. The molecule has 0 fully saturated rings. The molecular weight excluding hydrogens is 444 g/mol. The maximum atomic E-state index is 11.8. The molecule has 0 bridgehead atoms. The quantitative estimate of drug-likeness (QED) is 0.111. The fourth-order valence-corrected chi connectivity index (χ4v) is 4.40. The van der Waals surface area contributed by atoms with Crippen LogP contribution < -0.4 is 9.47 Å². The first-order chi connectivity index (χ1) is 17.0. The lowest BCUT2D eigenvalue weighted by Gasteiger charge is -2.20. The number of hydrogen-bond acceptors (Lipinski definition) is 5. The average molecular weight is 495 g/mol. The van der Waals surface area contributed by atoms with E-state index in [0.717, 1.165) is 38.5 Å². The van der Waals surface area contributed by atoms with E-state index in [1.165, 1.54) is 64.2 Å². The number of hydrogen-bond donors (Lipinski definition) is 3. The highest BCUT2D eigenvalue weighted by Gasteiger charge is 2.29. The molecule has 0 atom stereocenters. The molecule has 202 valence electrons. The minimum absolute atomic E-state index is 0.0619. The number of benzene rings is 1. The minimum atomic E-state index is -1.29. The Balaban J connectivity index is 2.71. The Morgan fingerprint density at radius 2 is 1.00 bits per heavy atom. The fraction of sp³-hybridized carbons (Fsp3) is 0.759. The lowest BCUT2D eigenvalue weighted by Crippen LogP contribution is -2.10. The van der Waals surface area contributed by atoms with E-state index in [0.29, 0.717) is 25.2 Å². The van der Waals surface area contributed by atoms with Gasteiger partial charge in [-0.1, -0.05) is 111 Å². The summed E-state index contributed by atoms with van der Waals surface area (Å²) >= 11 is 0. The SMILES string of the molecule is CCCCCCCCCCOc1c(O)c(O)c(C(=O)O)c(CC)c1OCCCCCCCCCC. The van der Waals surface area contributed by atoms with Crippen molar-refractivity contribution in [1.82, 2.24) is 0 Å². The van der Waals surface area contributed by atoms with E-state index >= 15 is 0 Å². The maximum absolute atomic E-state index is 11.8. The van der Waals surface area contributed by atoms with E-state index < -0.39 is 17.5 Å². The van der Waals surface area contributed by atoms with Crippen LogP contribution in [0.15, 0.2) is 0 Å². The molecule has 0 saturated heterocycles. The molecule has 1 aromatic carbocycles. The second kappa shape index (κ2) is 19.1. The highest BCUT2D eigenvalue weighted by atomic mass is 16.5. The number of ether oxygens (including phenoxy) is 2. The van der Waals surface area contributed by atoms with Crippen LogP contribution in [0.2, 0.25) is 0 Å². The monoisotopic (exact) mass is 494 g/mol. The molecule has 1 rings (SSSR count). The molecular formula is C29H50O6. The first kappa shape index (κ1) is 30.9. The number of unbranched alkanes of at least 4 members (excludes halogenated alkanes) is 14. The van der Waals surface area contributed by atoms with Gasteiger partial charge >= 0.3 is 5.97 Å². The summed E-state index contributed by atoms with van der Waals surface area (Å²) in [7, 11) is 0. The minimum Gasteiger partial charge on any atom is -0.504 e. The molecule has 6 heteroatoms. The van der Waals surface area contributed by atoms with Crippen LogP contribution in [-0.2, 0) is 6.42 Å². The summed E-state index contributed by atoms with van der Waals surface area (Å²) in [5, 5.41) is 30.6. The van der Waals surface area contributed by atoms with Crippen molar-refractivity contribution in [2.45, 2.75) is 130 Å². The van der Waals surface area contributed by atoms with Gasteiger partial charge in [0, 0.05) is 5.56 Å². The summed E-state index contributed by atoms with van der Waals surface area (Å²) in [6.07, 6.45) is 19.0. The van der Waals surface area contributed by atoms with Gasteiger partial charge in [-0.3, -0.25) is 0 Å². The van der Waals surface area contributed by atoms with Gasteiger partial charge in [0.05, 0.1) is 13.2 Å². The molecule has 1 aromatic rings. The van der Waals surface area contributed by atoms with E-state index in [-0.39, 0.29) is 17.1 Å². The molecule has 6 nitrogen and oxygen atoms in total. The second-order valence-electron chi connectivity index (χ2n) is 9.51.